The van der Waals surface area contributed by atoms with Crippen LogP contribution in [0.2, 0.25) is 0 Å². The molecule has 0 saturated carbocycles. The van der Waals surface area contributed by atoms with Crippen molar-refractivity contribution in [2.75, 3.05) is 19.7 Å². The number of oxime groups is 1. The first-order valence-corrected chi connectivity index (χ1v) is 5.94. The lowest BCUT2D eigenvalue weighted by molar-refractivity contribution is -0.137. The van der Waals surface area contributed by atoms with Crippen molar-refractivity contribution < 1.29 is 24.0 Å². The largest absolute Gasteiger partial charge is 0.388 e. The van der Waals surface area contributed by atoms with Gasteiger partial charge in [0, 0.05) is 25.1 Å². The van der Waals surface area contributed by atoms with Crippen LogP contribution in [0.1, 0.15) is 13.3 Å². The molecule has 8 nitrogen and oxygen atoms in total. The maximum atomic E-state index is 11.4. The third-order valence-electron chi connectivity index (χ3n) is 2.27. The molecule has 8 heteroatoms. The second kappa shape index (κ2) is 7.82. The van der Waals surface area contributed by atoms with Gasteiger partial charge in [-0.3, -0.25) is 24.1 Å². The van der Waals surface area contributed by atoms with Crippen LogP contribution in [0.15, 0.2) is 17.3 Å². The lowest BCUT2D eigenvalue weighted by Gasteiger charge is -2.12. The predicted octanol–water partition coefficient (Wildman–Crippen LogP) is -0.991. The summed E-state index contributed by atoms with van der Waals surface area (Å²) >= 11 is 0. The molecule has 1 aliphatic heterocycles. The first-order chi connectivity index (χ1) is 9.50. The van der Waals surface area contributed by atoms with Gasteiger partial charge < -0.3 is 10.2 Å². The van der Waals surface area contributed by atoms with Gasteiger partial charge in [-0.1, -0.05) is 5.16 Å². The summed E-state index contributed by atoms with van der Waals surface area (Å²) in [5, 5.41) is 5.96. The summed E-state index contributed by atoms with van der Waals surface area (Å²) < 4.78 is 0. The molecule has 1 heterocycles. The number of carbonyl (C=O) groups is 4. The lowest BCUT2D eigenvalue weighted by Crippen LogP contribution is -2.35. The third kappa shape index (κ3) is 5.42. The Hall–Kier alpha value is -2.51. The summed E-state index contributed by atoms with van der Waals surface area (Å²) in [6.07, 6.45) is 3.65. The van der Waals surface area contributed by atoms with E-state index in [1.54, 1.807) is 0 Å². The Bertz CT molecular complexity index is 452. The molecule has 0 aromatic carbocycles. The van der Waals surface area contributed by atoms with E-state index in [4.69, 9.17) is 0 Å². The van der Waals surface area contributed by atoms with E-state index in [0.717, 1.165) is 4.90 Å². The van der Waals surface area contributed by atoms with Crippen molar-refractivity contribution in [1.82, 2.24) is 10.2 Å². The van der Waals surface area contributed by atoms with Crippen LogP contribution in [0, 0.1) is 0 Å². The van der Waals surface area contributed by atoms with Gasteiger partial charge in [0.05, 0.1) is 12.8 Å². The fraction of sp³-hybridized carbons (Fsp3) is 0.417. The minimum Gasteiger partial charge on any atom is -0.388 e. The molecule has 1 aliphatic rings. The van der Waals surface area contributed by atoms with Crippen molar-refractivity contribution >= 4 is 29.7 Å². The Morgan fingerprint density at radius 3 is 2.60 bits per heavy atom. The van der Waals surface area contributed by atoms with Gasteiger partial charge in [0.2, 0.25) is 5.91 Å². The molecule has 0 radical (unpaired) electrons. The number of nitrogens with zero attached hydrogens (tertiary/aromatic N) is 2. The zero-order chi connectivity index (χ0) is 15.0. The third-order valence-corrected chi connectivity index (χ3v) is 2.27. The minimum absolute atomic E-state index is 0.0152. The molecule has 0 atom stereocenters. The number of amides is 3. The number of ketones is 1. The van der Waals surface area contributed by atoms with Crippen LogP contribution in [-0.4, -0.2) is 54.3 Å². The number of nitrogens with one attached hydrogen (secondary N) is 1. The highest BCUT2D eigenvalue weighted by molar-refractivity contribution is 6.13. The molecule has 0 fully saturated rings. The van der Waals surface area contributed by atoms with E-state index < -0.39 is 11.8 Å². The Kier molecular flexibility index (Phi) is 6.08. The zero-order valence-electron chi connectivity index (χ0n) is 11.0. The summed E-state index contributed by atoms with van der Waals surface area (Å²) in [4.78, 5) is 49.9. The maximum Gasteiger partial charge on any atom is 0.253 e. The van der Waals surface area contributed by atoms with Crippen LogP contribution >= 0.6 is 0 Å². The Labute approximate surface area is 115 Å². The molecule has 1 N–H and O–H groups in total. The van der Waals surface area contributed by atoms with Gasteiger partial charge in [-0.15, -0.1) is 0 Å². The molecule has 0 aromatic heterocycles. The standard InChI is InChI=1S/C12H15N3O5/c1-9(16)8-20-14-6-5-13-10(17)4-7-15-11(18)2-3-12(15)19/h2-3,6H,4-5,7-8H2,1H3,(H,13,17). The fourth-order valence-corrected chi connectivity index (χ4v) is 1.33. The van der Waals surface area contributed by atoms with Crippen LogP contribution in [0.5, 0.6) is 0 Å². The molecule has 0 aromatic rings. The van der Waals surface area contributed by atoms with Gasteiger partial charge in [-0.05, 0) is 6.92 Å². The molecule has 0 aliphatic carbocycles. The van der Waals surface area contributed by atoms with Crippen LogP contribution in [0.4, 0.5) is 0 Å². The van der Waals surface area contributed by atoms with E-state index in [9.17, 15) is 19.2 Å². The lowest BCUT2D eigenvalue weighted by atomic mass is 10.3. The summed E-state index contributed by atoms with van der Waals surface area (Å²) in [5.41, 5.74) is 0. The highest BCUT2D eigenvalue weighted by Crippen LogP contribution is 2.03. The molecular formula is C12H15N3O5. The first-order valence-electron chi connectivity index (χ1n) is 5.94. The number of imide groups is 1. The molecule has 20 heavy (non-hydrogen) atoms. The van der Waals surface area contributed by atoms with E-state index in [1.165, 1.54) is 25.3 Å². The van der Waals surface area contributed by atoms with Crippen LogP contribution in [0.25, 0.3) is 0 Å². The molecule has 3 amide bonds. The van der Waals surface area contributed by atoms with Crippen molar-refractivity contribution in [3.63, 3.8) is 0 Å². The fourth-order valence-electron chi connectivity index (χ4n) is 1.33. The summed E-state index contributed by atoms with van der Waals surface area (Å²) in [5.74, 6) is -1.31. The van der Waals surface area contributed by atoms with Gasteiger partial charge in [-0.25, -0.2) is 0 Å². The van der Waals surface area contributed by atoms with Gasteiger partial charge in [0.25, 0.3) is 11.8 Å². The summed E-state index contributed by atoms with van der Waals surface area (Å²) in [6.45, 7) is 1.43. The van der Waals surface area contributed by atoms with E-state index in [0.29, 0.717) is 0 Å². The highest BCUT2D eigenvalue weighted by Gasteiger charge is 2.23. The average Bonchev–Trinajstić information content (AvgIpc) is 2.70. The SMILES string of the molecule is CC(=O)CON=CCNC(=O)CCN1C(=O)C=CC1=O. The number of hydrogen-bond acceptors (Lipinski definition) is 6. The average molecular weight is 281 g/mol. The zero-order valence-corrected chi connectivity index (χ0v) is 11.0. The minimum atomic E-state index is -0.415. The summed E-state index contributed by atoms with van der Waals surface area (Å²) in [6, 6.07) is 0. The van der Waals surface area contributed by atoms with Crippen LogP contribution in [-0.2, 0) is 24.0 Å². The second-order valence-electron chi connectivity index (χ2n) is 3.98. The van der Waals surface area contributed by atoms with Crippen molar-refractivity contribution in [2.45, 2.75) is 13.3 Å². The number of carbonyl (C=O) groups excluding carboxylic acids is 4. The van der Waals surface area contributed by atoms with Crippen molar-refractivity contribution in [2.24, 2.45) is 5.16 Å². The van der Waals surface area contributed by atoms with E-state index in [-0.39, 0.29) is 37.8 Å². The smallest absolute Gasteiger partial charge is 0.253 e. The Morgan fingerprint density at radius 1 is 1.35 bits per heavy atom. The molecule has 0 unspecified atom stereocenters. The number of Topliss-reactive ketones (excluding diaryl/α,β-unsaturated/α-hetero) is 1. The second-order valence-corrected chi connectivity index (χ2v) is 3.98. The maximum absolute atomic E-state index is 11.4. The van der Waals surface area contributed by atoms with Crippen molar-refractivity contribution in [3.8, 4) is 0 Å². The van der Waals surface area contributed by atoms with E-state index in [2.05, 4.69) is 15.3 Å². The van der Waals surface area contributed by atoms with Crippen LogP contribution < -0.4 is 5.32 Å². The quantitative estimate of drug-likeness (QED) is 0.349. The van der Waals surface area contributed by atoms with Gasteiger partial charge in [-0.2, -0.15) is 0 Å². The van der Waals surface area contributed by atoms with E-state index >= 15 is 0 Å². The molecular weight excluding hydrogens is 266 g/mol. The molecule has 108 valence electrons. The topological polar surface area (TPSA) is 105 Å². The van der Waals surface area contributed by atoms with Gasteiger partial charge in [0.1, 0.15) is 0 Å². The van der Waals surface area contributed by atoms with E-state index in [1.807, 2.05) is 0 Å². The molecule has 0 spiro atoms. The van der Waals surface area contributed by atoms with Crippen molar-refractivity contribution in [3.05, 3.63) is 12.2 Å². The number of rotatable bonds is 8. The predicted molar refractivity (Wildman–Crippen MR) is 68.6 cm³/mol. The van der Waals surface area contributed by atoms with Gasteiger partial charge >= 0.3 is 0 Å². The Balaban J connectivity index is 2.13. The monoisotopic (exact) mass is 281 g/mol. The molecule has 0 bridgehead atoms. The van der Waals surface area contributed by atoms with Crippen molar-refractivity contribution in [1.29, 1.82) is 0 Å². The summed E-state index contributed by atoms with van der Waals surface area (Å²) in [7, 11) is 0. The molecule has 0 saturated heterocycles. The first kappa shape index (κ1) is 15.5. The van der Waals surface area contributed by atoms with Crippen LogP contribution in [0.3, 0.4) is 0 Å². The number of hydrogen-bond donors (Lipinski definition) is 1. The van der Waals surface area contributed by atoms with Gasteiger partial charge in [0.15, 0.2) is 12.4 Å². The molecule has 1 rings (SSSR count). The highest BCUT2D eigenvalue weighted by atomic mass is 16.6. The Morgan fingerprint density at radius 2 is 2.00 bits per heavy atom. The normalized spacial score (nSPS) is 14.2.